The highest BCUT2D eigenvalue weighted by molar-refractivity contribution is 5.97. The molecule has 4 rings (SSSR count). The second kappa shape index (κ2) is 6.44. The first-order valence-corrected chi connectivity index (χ1v) is 7.30. The van der Waals surface area contributed by atoms with Gasteiger partial charge in [0.05, 0.1) is 18.0 Å². The van der Waals surface area contributed by atoms with E-state index in [1.807, 2.05) is 0 Å². The number of nitrogens with zero attached hydrogens (tertiary/aromatic N) is 2. The number of aliphatic hydroxyl groups is 1. The van der Waals surface area contributed by atoms with Gasteiger partial charge in [-0.05, 0) is 12.1 Å². The number of non-ortho nitro benzene ring substituents is 1. The van der Waals surface area contributed by atoms with Gasteiger partial charge >= 0.3 is 0 Å². The maximum absolute atomic E-state index is 12.4. The van der Waals surface area contributed by atoms with Gasteiger partial charge in [-0.1, -0.05) is 0 Å². The van der Waals surface area contributed by atoms with E-state index in [2.05, 4.69) is 0 Å². The van der Waals surface area contributed by atoms with E-state index in [1.165, 1.54) is 24.3 Å². The van der Waals surface area contributed by atoms with Gasteiger partial charge in [0.2, 0.25) is 5.78 Å². The Morgan fingerprint density at radius 1 is 1.27 bits per heavy atom. The summed E-state index contributed by atoms with van der Waals surface area (Å²) >= 11 is 0. The van der Waals surface area contributed by atoms with Crippen molar-refractivity contribution in [2.75, 3.05) is 26.2 Å². The van der Waals surface area contributed by atoms with Crippen LogP contribution in [0.3, 0.4) is 0 Å². The number of Topliss-reactive ketones (excluding diaryl/α,β-unsaturated/α-hetero) is 1. The number of fused-ring (bicyclic) bond motifs is 3. The molecule has 0 radical (unpaired) electrons. The number of nitro groups is 1. The molecule has 3 heterocycles. The number of piperidine rings is 3. The number of benzene rings is 1. The summed E-state index contributed by atoms with van der Waals surface area (Å²) in [7, 11) is 0. The van der Waals surface area contributed by atoms with Crippen molar-refractivity contribution in [3.63, 3.8) is 0 Å². The molecule has 1 N–H and O–H groups in total. The zero-order valence-electron chi connectivity index (χ0n) is 12.2. The van der Waals surface area contributed by atoms with Crippen molar-refractivity contribution >= 4 is 11.5 Å². The minimum atomic E-state index is -0.470. The molecule has 3 aliphatic rings. The fourth-order valence-electron chi connectivity index (χ4n) is 3.64. The Morgan fingerprint density at radius 3 is 2.36 bits per heavy atom. The van der Waals surface area contributed by atoms with Crippen LogP contribution in [0.5, 0.6) is 0 Å². The molecule has 0 amide bonds. The van der Waals surface area contributed by atoms with Gasteiger partial charge in [-0.15, -0.1) is 0 Å². The number of halogens is 1. The first-order chi connectivity index (χ1) is 9.99. The molecule has 0 aromatic heterocycles. The zero-order valence-corrected chi connectivity index (χ0v) is 13.7. The zero-order chi connectivity index (χ0) is 15.0. The summed E-state index contributed by atoms with van der Waals surface area (Å²) in [6.45, 7) is 2.92. The predicted molar refractivity (Wildman–Crippen MR) is 75.9 cm³/mol. The first kappa shape index (κ1) is 17.1. The Labute approximate surface area is 139 Å². The molecule has 120 valence electrons. The third-order valence-electron chi connectivity index (χ3n) is 4.95. The van der Waals surface area contributed by atoms with Crippen LogP contribution in [0.15, 0.2) is 24.3 Å². The average molecular weight is 371 g/mol. The summed E-state index contributed by atoms with van der Waals surface area (Å²) in [6, 6.07) is 5.77. The Bertz CT molecular complexity index is 567. The summed E-state index contributed by atoms with van der Waals surface area (Å²) in [4.78, 5) is 22.6. The summed E-state index contributed by atoms with van der Waals surface area (Å²) < 4.78 is 0.660. The first-order valence-electron chi connectivity index (χ1n) is 7.30. The average Bonchev–Trinajstić information content (AvgIpc) is 2.47. The van der Waals surface area contributed by atoms with Crippen molar-refractivity contribution in [2.24, 2.45) is 5.92 Å². The number of nitro benzene ring substituents is 1. The smallest absolute Gasteiger partial charge is 0.269 e. The van der Waals surface area contributed by atoms with Crippen molar-refractivity contribution < 1.29 is 36.3 Å². The number of carbonyl (C=O) groups is 1. The van der Waals surface area contributed by atoms with Crippen molar-refractivity contribution in [3.8, 4) is 0 Å². The molecule has 22 heavy (non-hydrogen) atoms. The SMILES string of the molecule is O=C(C[N+]12CCC(CC1)C(O)C2)c1ccc([N+](=O)[O-])cc1.[Br-]. The van der Waals surface area contributed by atoms with E-state index in [9.17, 15) is 20.0 Å². The van der Waals surface area contributed by atoms with Crippen LogP contribution < -0.4 is 17.0 Å². The quantitative estimate of drug-likeness (QED) is 0.299. The number of carbonyl (C=O) groups excluding carboxylic acids is 1. The van der Waals surface area contributed by atoms with E-state index < -0.39 is 4.92 Å². The van der Waals surface area contributed by atoms with Crippen molar-refractivity contribution in [1.29, 1.82) is 0 Å². The van der Waals surface area contributed by atoms with Crippen molar-refractivity contribution in [2.45, 2.75) is 18.9 Å². The molecule has 6 nitrogen and oxygen atoms in total. The number of aliphatic hydroxyl groups excluding tert-OH is 1. The molecule has 1 aromatic carbocycles. The van der Waals surface area contributed by atoms with Crippen LogP contribution in [0.25, 0.3) is 0 Å². The number of hydrogen-bond donors (Lipinski definition) is 1. The molecule has 1 aromatic rings. The molecule has 3 saturated heterocycles. The van der Waals surface area contributed by atoms with Crippen molar-refractivity contribution in [3.05, 3.63) is 39.9 Å². The molecule has 7 heteroatoms. The highest BCUT2D eigenvalue weighted by Crippen LogP contribution is 2.34. The second-order valence-electron chi connectivity index (χ2n) is 6.26. The summed E-state index contributed by atoms with van der Waals surface area (Å²) in [5, 5.41) is 20.7. The molecule has 1 atom stereocenters. The van der Waals surface area contributed by atoms with E-state index in [0.29, 0.717) is 29.1 Å². The van der Waals surface area contributed by atoms with Crippen LogP contribution in [0.1, 0.15) is 23.2 Å². The summed E-state index contributed by atoms with van der Waals surface area (Å²) in [5.41, 5.74) is 0.503. The monoisotopic (exact) mass is 370 g/mol. The van der Waals surface area contributed by atoms with Gasteiger partial charge < -0.3 is 26.6 Å². The fraction of sp³-hybridized carbons (Fsp3) is 0.533. The van der Waals surface area contributed by atoms with Gasteiger partial charge in [0.15, 0.2) is 0 Å². The van der Waals surface area contributed by atoms with E-state index in [4.69, 9.17) is 0 Å². The maximum atomic E-state index is 12.4. The van der Waals surface area contributed by atoms with E-state index >= 15 is 0 Å². The third-order valence-corrected chi connectivity index (χ3v) is 4.95. The number of hydrogen-bond acceptors (Lipinski definition) is 4. The Balaban J connectivity index is 0.00000176. The van der Waals surface area contributed by atoms with Gasteiger partial charge in [0.25, 0.3) is 5.69 Å². The van der Waals surface area contributed by atoms with E-state index in [-0.39, 0.29) is 34.6 Å². The minimum Gasteiger partial charge on any atom is -1.00 e. The molecule has 0 saturated carbocycles. The van der Waals surface area contributed by atoms with Crippen LogP contribution >= 0.6 is 0 Å². The second-order valence-corrected chi connectivity index (χ2v) is 6.26. The lowest BCUT2D eigenvalue weighted by molar-refractivity contribution is -0.938. The van der Waals surface area contributed by atoms with Gasteiger partial charge in [0.1, 0.15) is 19.2 Å². The van der Waals surface area contributed by atoms with E-state index in [1.54, 1.807) is 0 Å². The Kier molecular flexibility index (Phi) is 4.99. The minimum absolute atomic E-state index is 0. The Morgan fingerprint density at radius 2 is 1.86 bits per heavy atom. The number of ketones is 1. The molecular weight excluding hydrogens is 352 g/mol. The third kappa shape index (κ3) is 3.21. The Hall–Kier alpha value is -1.31. The molecule has 0 aliphatic carbocycles. The molecule has 1 unspecified atom stereocenters. The highest BCUT2D eigenvalue weighted by Gasteiger charge is 2.46. The molecule has 3 fully saturated rings. The number of rotatable bonds is 4. The van der Waals surface area contributed by atoms with Gasteiger partial charge in [0, 0.05) is 36.5 Å². The molecular formula is C15H19BrN2O4. The fourth-order valence-corrected chi connectivity index (χ4v) is 3.64. The number of quaternary nitrogens is 1. The largest absolute Gasteiger partial charge is 1.00 e. The predicted octanol–water partition coefficient (Wildman–Crippen LogP) is -1.62. The van der Waals surface area contributed by atoms with Crippen molar-refractivity contribution in [1.82, 2.24) is 0 Å². The van der Waals surface area contributed by atoms with E-state index in [0.717, 1.165) is 25.9 Å². The van der Waals surface area contributed by atoms with Gasteiger partial charge in [-0.25, -0.2) is 0 Å². The normalized spacial score (nSPS) is 29.7. The van der Waals surface area contributed by atoms with Gasteiger partial charge in [-0.2, -0.15) is 0 Å². The highest BCUT2D eigenvalue weighted by atomic mass is 79.9. The lowest BCUT2D eigenvalue weighted by Crippen LogP contribution is -3.00. The summed E-state index contributed by atoms with van der Waals surface area (Å²) in [6.07, 6.45) is 1.67. The topological polar surface area (TPSA) is 80.4 Å². The lowest BCUT2D eigenvalue weighted by atomic mass is 9.83. The van der Waals surface area contributed by atoms with Gasteiger partial charge in [-0.3, -0.25) is 14.9 Å². The van der Waals surface area contributed by atoms with Crippen LogP contribution in [-0.2, 0) is 0 Å². The molecule has 0 spiro atoms. The standard InChI is InChI=1S/C15H19N2O4.BrH/c18-14(11-1-3-13(4-2-11)16(20)21)9-17-7-5-12(6-8-17)15(19)10-17;/h1-4,12,15,19H,5-10H2;1H/q+1;/p-1. The molecule has 2 bridgehead atoms. The van der Waals surface area contributed by atoms with Crippen LogP contribution in [-0.4, -0.2) is 52.6 Å². The summed E-state index contributed by atoms with van der Waals surface area (Å²) in [5.74, 6) is 0.400. The van der Waals surface area contributed by atoms with Crippen LogP contribution in [0.4, 0.5) is 5.69 Å². The maximum Gasteiger partial charge on any atom is 0.269 e. The van der Waals surface area contributed by atoms with Crippen LogP contribution in [0.2, 0.25) is 0 Å². The lowest BCUT2D eigenvalue weighted by Gasteiger charge is -2.50. The molecule has 3 aliphatic heterocycles. The van der Waals surface area contributed by atoms with Crippen LogP contribution in [0, 0.1) is 16.0 Å².